The molecule has 4 heteroatoms. The van der Waals surface area contributed by atoms with Gasteiger partial charge in [0.2, 0.25) is 5.91 Å². The number of amides is 1. The van der Waals surface area contributed by atoms with Crippen LogP contribution in [0, 0.1) is 5.92 Å². The van der Waals surface area contributed by atoms with Crippen LogP contribution in [0.25, 0.3) is 0 Å². The molecule has 0 saturated heterocycles. The quantitative estimate of drug-likeness (QED) is 0.683. The predicted octanol–water partition coefficient (Wildman–Crippen LogP) is 0.589. The molecule has 0 bridgehead atoms. The van der Waals surface area contributed by atoms with Gasteiger partial charge < -0.3 is 15.7 Å². The molecule has 0 spiro atoms. The minimum atomic E-state index is -0.445. The van der Waals surface area contributed by atoms with Crippen LogP contribution in [0.3, 0.4) is 0 Å². The summed E-state index contributed by atoms with van der Waals surface area (Å²) in [6.07, 6.45) is 0.688. The monoisotopic (exact) mass is 216 g/mol. The van der Waals surface area contributed by atoms with E-state index in [1.807, 2.05) is 27.7 Å². The van der Waals surface area contributed by atoms with E-state index in [2.05, 4.69) is 0 Å². The van der Waals surface area contributed by atoms with E-state index >= 15 is 0 Å². The van der Waals surface area contributed by atoms with Crippen LogP contribution in [0.4, 0.5) is 0 Å². The first-order chi connectivity index (χ1) is 6.90. The van der Waals surface area contributed by atoms with Gasteiger partial charge in [-0.1, -0.05) is 13.8 Å². The number of carbonyl (C=O) groups excluding carboxylic acids is 1. The highest BCUT2D eigenvalue weighted by molar-refractivity contribution is 5.81. The van der Waals surface area contributed by atoms with Gasteiger partial charge in [0.1, 0.15) is 0 Å². The first-order valence-corrected chi connectivity index (χ1v) is 5.57. The number of aliphatic hydroxyl groups is 1. The van der Waals surface area contributed by atoms with Crippen molar-refractivity contribution in [3.8, 4) is 0 Å². The lowest BCUT2D eigenvalue weighted by Crippen LogP contribution is -2.48. The lowest BCUT2D eigenvalue weighted by Gasteiger charge is -2.29. The highest BCUT2D eigenvalue weighted by Gasteiger charge is 2.23. The second-order valence-corrected chi connectivity index (χ2v) is 4.59. The molecule has 0 aliphatic rings. The van der Waals surface area contributed by atoms with E-state index in [9.17, 15) is 4.79 Å². The van der Waals surface area contributed by atoms with Crippen molar-refractivity contribution in [1.82, 2.24) is 4.90 Å². The van der Waals surface area contributed by atoms with E-state index in [1.54, 1.807) is 4.90 Å². The normalized spacial score (nSPS) is 13.3. The first kappa shape index (κ1) is 14.4. The molecule has 0 rings (SSSR count). The number of nitrogens with two attached hydrogens (primary N) is 1. The molecule has 0 aromatic carbocycles. The smallest absolute Gasteiger partial charge is 0.239 e. The molecular formula is C11H24N2O2. The van der Waals surface area contributed by atoms with Crippen LogP contribution in [0.5, 0.6) is 0 Å². The van der Waals surface area contributed by atoms with Crippen molar-refractivity contribution in [2.75, 3.05) is 13.2 Å². The summed E-state index contributed by atoms with van der Waals surface area (Å²) >= 11 is 0. The molecule has 0 unspecified atom stereocenters. The molecule has 4 nitrogen and oxygen atoms in total. The Kier molecular flexibility index (Phi) is 6.52. The summed E-state index contributed by atoms with van der Waals surface area (Å²) in [6, 6.07) is -0.359. The average molecular weight is 216 g/mol. The molecule has 0 heterocycles. The standard InChI is InChI=1S/C11H24N2O2/c1-8(2)7-10(12)11(15)13(5-6-14)9(3)4/h8-10,14H,5-7,12H2,1-4H3/t10-/m1/s1. The Morgan fingerprint density at radius 1 is 1.33 bits per heavy atom. The topological polar surface area (TPSA) is 66.6 Å². The van der Waals surface area contributed by atoms with E-state index in [1.165, 1.54) is 0 Å². The summed E-state index contributed by atoms with van der Waals surface area (Å²) in [5.41, 5.74) is 5.81. The Balaban J connectivity index is 4.35. The lowest BCUT2D eigenvalue weighted by atomic mass is 10.0. The molecule has 0 radical (unpaired) electrons. The highest BCUT2D eigenvalue weighted by atomic mass is 16.3. The molecule has 1 amide bonds. The van der Waals surface area contributed by atoms with Crippen LogP contribution < -0.4 is 5.73 Å². The van der Waals surface area contributed by atoms with Gasteiger partial charge in [-0.3, -0.25) is 4.79 Å². The average Bonchev–Trinajstić information content (AvgIpc) is 2.11. The molecule has 0 aliphatic heterocycles. The maximum atomic E-state index is 11.9. The van der Waals surface area contributed by atoms with Crippen LogP contribution in [0.2, 0.25) is 0 Å². The van der Waals surface area contributed by atoms with Crippen LogP contribution in [0.15, 0.2) is 0 Å². The van der Waals surface area contributed by atoms with Gasteiger partial charge in [-0.2, -0.15) is 0 Å². The summed E-state index contributed by atoms with van der Waals surface area (Å²) < 4.78 is 0. The largest absolute Gasteiger partial charge is 0.395 e. The number of carbonyl (C=O) groups is 1. The molecule has 0 saturated carbocycles. The summed E-state index contributed by atoms with van der Waals surface area (Å²) in [5.74, 6) is 0.347. The number of hydrogen-bond donors (Lipinski definition) is 2. The fourth-order valence-corrected chi connectivity index (χ4v) is 1.55. The predicted molar refractivity (Wildman–Crippen MR) is 61.4 cm³/mol. The number of hydrogen-bond acceptors (Lipinski definition) is 3. The van der Waals surface area contributed by atoms with Crippen molar-refractivity contribution < 1.29 is 9.90 Å². The molecular weight excluding hydrogens is 192 g/mol. The molecule has 1 atom stereocenters. The van der Waals surface area contributed by atoms with Crippen LogP contribution >= 0.6 is 0 Å². The van der Waals surface area contributed by atoms with E-state index in [-0.39, 0.29) is 18.6 Å². The first-order valence-electron chi connectivity index (χ1n) is 5.57. The molecule has 0 aromatic heterocycles. The zero-order valence-electron chi connectivity index (χ0n) is 10.2. The zero-order chi connectivity index (χ0) is 12.0. The van der Waals surface area contributed by atoms with Gasteiger partial charge in [0.15, 0.2) is 0 Å². The van der Waals surface area contributed by atoms with Gasteiger partial charge in [-0.25, -0.2) is 0 Å². The second-order valence-electron chi connectivity index (χ2n) is 4.59. The van der Waals surface area contributed by atoms with Gasteiger partial charge in [-0.15, -0.1) is 0 Å². The second kappa shape index (κ2) is 6.80. The SMILES string of the molecule is CC(C)C[C@@H](N)C(=O)N(CCO)C(C)C. The summed E-state index contributed by atoms with van der Waals surface area (Å²) in [4.78, 5) is 13.5. The zero-order valence-corrected chi connectivity index (χ0v) is 10.2. The Labute approximate surface area is 92.4 Å². The van der Waals surface area contributed by atoms with Crippen molar-refractivity contribution in [1.29, 1.82) is 0 Å². The Morgan fingerprint density at radius 2 is 1.87 bits per heavy atom. The van der Waals surface area contributed by atoms with Gasteiger partial charge >= 0.3 is 0 Å². The van der Waals surface area contributed by atoms with Crippen LogP contribution in [0.1, 0.15) is 34.1 Å². The van der Waals surface area contributed by atoms with Crippen molar-refractivity contribution in [3.63, 3.8) is 0 Å². The highest BCUT2D eigenvalue weighted by Crippen LogP contribution is 2.08. The molecule has 0 aliphatic carbocycles. The van der Waals surface area contributed by atoms with Gasteiger partial charge in [0.05, 0.1) is 12.6 Å². The molecule has 0 fully saturated rings. The summed E-state index contributed by atoms with van der Waals surface area (Å²) in [7, 11) is 0. The minimum Gasteiger partial charge on any atom is -0.395 e. The Morgan fingerprint density at radius 3 is 2.20 bits per heavy atom. The number of nitrogens with zero attached hydrogens (tertiary/aromatic N) is 1. The lowest BCUT2D eigenvalue weighted by molar-refractivity contribution is -0.135. The van der Waals surface area contributed by atoms with Crippen molar-refractivity contribution in [2.24, 2.45) is 11.7 Å². The Bertz CT molecular complexity index is 193. The maximum absolute atomic E-state index is 11.9. The molecule has 90 valence electrons. The molecule has 0 aromatic rings. The number of rotatable bonds is 6. The summed E-state index contributed by atoms with van der Waals surface area (Å²) in [6.45, 7) is 8.28. The molecule has 15 heavy (non-hydrogen) atoms. The third-order valence-corrected chi connectivity index (χ3v) is 2.29. The van der Waals surface area contributed by atoms with Gasteiger partial charge in [-0.05, 0) is 26.2 Å². The number of aliphatic hydroxyl groups excluding tert-OH is 1. The maximum Gasteiger partial charge on any atom is 0.239 e. The van der Waals surface area contributed by atoms with E-state index in [0.717, 1.165) is 0 Å². The van der Waals surface area contributed by atoms with E-state index in [4.69, 9.17) is 10.8 Å². The summed E-state index contributed by atoms with van der Waals surface area (Å²) in [5, 5.41) is 8.86. The van der Waals surface area contributed by atoms with Gasteiger partial charge in [0.25, 0.3) is 0 Å². The van der Waals surface area contributed by atoms with E-state index < -0.39 is 6.04 Å². The molecule has 3 N–H and O–H groups in total. The van der Waals surface area contributed by atoms with Crippen molar-refractivity contribution in [3.05, 3.63) is 0 Å². The van der Waals surface area contributed by atoms with Crippen molar-refractivity contribution in [2.45, 2.75) is 46.2 Å². The van der Waals surface area contributed by atoms with Gasteiger partial charge in [0, 0.05) is 12.6 Å². The van der Waals surface area contributed by atoms with Crippen molar-refractivity contribution >= 4 is 5.91 Å². The fourth-order valence-electron chi connectivity index (χ4n) is 1.55. The fraction of sp³-hybridized carbons (Fsp3) is 0.909. The third-order valence-electron chi connectivity index (χ3n) is 2.29. The third kappa shape index (κ3) is 5.14. The Hall–Kier alpha value is -0.610. The van der Waals surface area contributed by atoms with Crippen LogP contribution in [-0.4, -0.2) is 41.1 Å². The minimum absolute atomic E-state index is 0.0156. The van der Waals surface area contributed by atoms with E-state index in [0.29, 0.717) is 18.9 Å². The van der Waals surface area contributed by atoms with Crippen LogP contribution in [-0.2, 0) is 4.79 Å².